The number of rotatable bonds is 8. The number of hydrogen-bond acceptors (Lipinski definition) is 6. The van der Waals surface area contributed by atoms with Crippen LogP contribution in [0.25, 0.3) is 11.3 Å². The van der Waals surface area contributed by atoms with Crippen molar-refractivity contribution in [3.63, 3.8) is 0 Å². The minimum atomic E-state index is -0.171. The average Bonchev–Trinajstić information content (AvgIpc) is 3.26. The van der Waals surface area contributed by atoms with E-state index in [1.807, 2.05) is 29.6 Å². The molecule has 0 aliphatic heterocycles. The van der Waals surface area contributed by atoms with Crippen molar-refractivity contribution in [2.75, 3.05) is 19.0 Å². The van der Waals surface area contributed by atoms with Gasteiger partial charge in [-0.25, -0.2) is 0 Å². The minimum absolute atomic E-state index is 0.0956. The maximum Gasteiger partial charge on any atom is 0.251 e. The van der Waals surface area contributed by atoms with E-state index in [1.54, 1.807) is 31.4 Å². The highest BCUT2D eigenvalue weighted by Gasteiger charge is 2.07. The first-order valence-corrected chi connectivity index (χ1v) is 9.59. The third kappa shape index (κ3) is 5.37. The molecule has 7 nitrogen and oxygen atoms in total. The zero-order chi connectivity index (χ0) is 19.8. The number of nitrogens with one attached hydrogen (secondary N) is 2. The standard InChI is InChI=1S/C20H20N4O3S/c1-27-17-10-6-15(7-11-17)20(26)21-12-2-3-19(25)22-16-8-4-14(5-9-16)18-13-28-24-23-18/h4-11,13H,2-3,12H2,1H3,(H,21,26)(H,22,25). The number of methoxy groups -OCH3 is 1. The van der Waals surface area contributed by atoms with E-state index in [-0.39, 0.29) is 11.8 Å². The lowest BCUT2D eigenvalue weighted by Gasteiger charge is -2.07. The first kappa shape index (κ1) is 19.5. The first-order valence-electron chi connectivity index (χ1n) is 8.75. The Bertz CT molecular complexity index is 910. The minimum Gasteiger partial charge on any atom is -0.497 e. The molecule has 2 N–H and O–H groups in total. The topological polar surface area (TPSA) is 93.2 Å². The van der Waals surface area contributed by atoms with Crippen LogP contribution in [-0.4, -0.2) is 35.1 Å². The zero-order valence-electron chi connectivity index (χ0n) is 15.3. The van der Waals surface area contributed by atoms with Crippen molar-refractivity contribution in [1.29, 1.82) is 0 Å². The number of carbonyl (C=O) groups excluding carboxylic acids is 2. The smallest absolute Gasteiger partial charge is 0.251 e. The van der Waals surface area contributed by atoms with Gasteiger partial charge in [-0.3, -0.25) is 9.59 Å². The molecule has 8 heteroatoms. The molecule has 2 amide bonds. The molecule has 1 aromatic heterocycles. The highest BCUT2D eigenvalue weighted by atomic mass is 32.1. The third-order valence-corrected chi connectivity index (χ3v) is 4.55. The van der Waals surface area contributed by atoms with Crippen LogP contribution in [0.15, 0.2) is 53.9 Å². The van der Waals surface area contributed by atoms with Crippen molar-refractivity contribution in [2.45, 2.75) is 12.8 Å². The maximum absolute atomic E-state index is 12.1. The summed E-state index contributed by atoms with van der Waals surface area (Å²) >= 11 is 1.30. The number of ether oxygens (including phenoxy) is 1. The number of amides is 2. The number of nitrogens with zero attached hydrogens (tertiary/aromatic N) is 2. The van der Waals surface area contributed by atoms with E-state index in [0.29, 0.717) is 30.7 Å². The number of anilines is 1. The summed E-state index contributed by atoms with van der Waals surface area (Å²) in [5, 5.41) is 11.5. The van der Waals surface area contributed by atoms with Gasteiger partial charge in [-0.1, -0.05) is 16.6 Å². The van der Waals surface area contributed by atoms with Gasteiger partial charge in [-0.15, -0.1) is 5.10 Å². The first-order chi connectivity index (χ1) is 13.7. The molecule has 0 saturated carbocycles. The Morgan fingerprint density at radius 3 is 2.46 bits per heavy atom. The molecule has 0 unspecified atom stereocenters. The Morgan fingerprint density at radius 1 is 1.07 bits per heavy atom. The number of aromatic nitrogens is 2. The second-order valence-corrected chi connectivity index (χ2v) is 6.61. The Hall–Kier alpha value is -3.26. The van der Waals surface area contributed by atoms with Gasteiger partial charge in [-0.05, 0) is 54.4 Å². The van der Waals surface area contributed by atoms with Crippen LogP contribution >= 0.6 is 11.5 Å². The van der Waals surface area contributed by atoms with E-state index in [0.717, 1.165) is 16.9 Å². The molecule has 0 atom stereocenters. The summed E-state index contributed by atoms with van der Waals surface area (Å²) in [5.74, 6) is 0.432. The predicted octanol–water partition coefficient (Wildman–Crippen LogP) is 3.36. The van der Waals surface area contributed by atoms with Gasteiger partial charge in [0.15, 0.2) is 0 Å². The third-order valence-electron chi connectivity index (χ3n) is 4.04. The lowest BCUT2D eigenvalue weighted by atomic mass is 10.1. The molecule has 3 aromatic rings. The molecule has 3 rings (SSSR count). The summed E-state index contributed by atoms with van der Waals surface area (Å²) in [6.07, 6.45) is 0.872. The summed E-state index contributed by atoms with van der Waals surface area (Å²) in [7, 11) is 1.58. The van der Waals surface area contributed by atoms with Gasteiger partial charge < -0.3 is 15.4 Å². The van der Waals surface area contributed by atoms with Gasteiger partial charge in [0, 0.05) is 35.2 Å². The van der Waals surface area contributed by atoms with Gasteiger partial charge in [0.2, 0.25) is 5.91 Å². The van der Waals surface area contributed by atoms with Gasteiger partial charge in [0.05, 0.1) is 7.11 Å². The van der Waals surface area contributed by atoms with Gasteiger partial charge in [0.1, 0.15) is 11.4 Å². The Kier molecular flexibility index (Phi) is 6.69. The molecule has 0 saturated heterocycles. The molecule has 1 heterocycles. The van der Waals surface area contributed by atoms with E-state index in [1.165, 1.54) is 11.5 Å². The van der Waals surface area contributed by atoms with E-state index < -0.39 is 0 Å². The van der Waals surface area contributed by atoms with E-state index >= 15 is 0 Å². The maximum atomic E-state index is 12.1. The summed E-state index contributed by atoms with van der Waals surface area (Å²) in [6, 6.07) is 14.3. The fourth-order valence-corrected chi connectivity index (χ4v) is 3.00. The molecule has 0 aliphatic rings. The van der Waals surface area contributed by atoms with E-state index in [9.17, 15) is 9.59 Å². The van der Waals surface area contributed by atoms with Crippen LogP contribution in [-0.2, 0) is 4.79 Å². The molecular formula is C20H20N4O3S. The largest absolute Gasteiger partial charge is 0.497 e. The van der Waals surface area contributed by atoms with Crippen LogP contribution in [0, 0.1) is 0 Å². The van der Waals surface area contributed by atoms with Crippen LogP contribution in [0.4, 0.5) is 5.69 Å². The molecule has 28 heavy (non-hydrogen) atoms. The second-order valence-electron chi connectivity index (χ2n) is 6.00. The summed E-state index contributed by atoms with van der Waals surface area (Å²) < 4.78 is 8.90. The molecular weight excluding hydrogens is 376 g/mol. The molecule has 144 valence electrons. The second kappa shape index (κ2) is 9.61. The molecule has 0 fully saturated rings. The fraction of sp³-hybridized carbons (Fsp3) is 0.200. The number of benzene rings is 2. The van der Waals surface area contributed by atoms with Crippen molar-refractivity contribution < 1.29 is 14.3 Å². The quantitative estimate of drug-likeness (QED) is 0.570. The Labute approximate surface area is 166 Å². The lowest BCUT2D eigenvalue weighted by Crippen LogP contribution is -2.25. The van der Waals surface area contributed by atoms with Crippen molar-refractivity contribution in [2.24, 2.45) is 0 Å². The van der Waals surface area contributed by atoms with Gasteiger partial charge >= 0.3 is 0 Å². The van der Waals surface area contributed by atoms with Crippen LogP contribution in [0.2, 0.25) is 0 Å². The SMILES string of the molecule is COc1ccc(C(=O)NCCCC(=O)Nc2ccc(-c3csnn3)cc2)cc1. The molecule has 0 spiro atoms. The molecule has 0 radical (unpaired) electrons. The van der Waals surface area contributed by atoms with Crippen LogP contribution in [0.1, 0.15) is 23.2 Å². The Balaban J connectivity index is 1.39. The zero-order valence-corrected chi connectivity index (χ0v) is 16.2. The van der Waals surface area contributed by atoms with Crippen molar-refractivity contribution in [1.82, 2.24) is 14.9 Å². The highest BCUT2D eigenvalue weighted by molar-refractivity contribution is 7.03. The van der Waals surface area contributed by atoms with Crippen molar-refractivity contribution in [3.05, 3.63) is 59.5 Å². The van der Waals surface area contributed by atoms with Crippen molar-refractivity contribution >= 4 is 29.0 Å². The number of hydrogen-bond donors (Lipinski definition) is 2. The lowest BCUT2D eigenvalue weighted by molar-refractivity contribution is -0.116. The van der Waals surface area contributed by atoms with Gasteiger partial charge in [-0.2, -0.15) is 0 Å². The van der Waals surface area contributed by atoms with E-state index in [2.05, 4.69) is 20.2 Å². The highest BCUT2D eigenvalue weighted by Crippen LogP contribution is 2.20. The van der Waals surface area contributed by atoms with Gasteiger partial charge in [0.25, 0.3) is 5.91 Å². The molecule has 0 aliphatic carbocycles. The summed E-state index contributed by atoms with van der Waals surface area (Å²) in [5.41, 5.74) is 3.04. The number of carbonyl (C=O) groups is 2. The van der Waals surface area contributed by atoms with Crippen LogP contribution < -0.4 is 15.4 Å². The monoisotopic (exact) mass is 396 g/mol. The molecule has 0 bridgehead atoms. The van der Waals surface area contributed by atoms with E-state index in [4.69, 9.17) is 4.74 Å². The van der Waals surface area contributed by atoms with Crippen LogP contribution in [0.3, 0.4) is 0 Å². The van der Waals surface area contributed by atoms with Crippen molar-refractivity contribution in [3.8, 4) is 17.0 Å². The fourth-order valence-electron chi connectivity index (χ4n) is 2.53. The summed E-state index contributed by atoms with van der Waals surface area (Å²) in [4.78, 5) is 24.1. The van der Waals surface area contributed by atoms with Crippen LogP contribution in [0.5, 0.6) is 5.75 Å². The average molecular weight is 396 g/mol. The summed E-state index contributed by atoms with van der Waals surface area (Å²) in [6.45, 7) is 0.425. The Morgan fingerprint density at radius 2 is 1.82 bits per heavy atom. The molecule has 2 aromatic carbocycles. The normalized spacial score (nSPS) is 10.3. The predicted molar refractivity (Wildman–Crippen MR) is 109 cm³/mol.